The van der Waals surface area contributed by atoms with Crippen LogP contribution < -0.4 is 16.8 Å². The highest BCUT2D eigenvalue weighted by molar-refractivity contribution is 5.87. The van der Waals surface area contributed by atoms with Crippen molar-refractivity contribution in [3.05, 3.63) is 49.6 Å². The number of hydrogen-bond donors (Lipinski definition) is 4. The molecule has 0 spiro atoms. The number of nitrogens with one attached hydrogen (secondary N) is 1. The van der Waals surface area contributed by atoms with Gasteiger partial charge in [0.1, 0.15) is 19.3 Å². The van der Waals surface area contributed by atoms with E-state index < -0.39 is 23.9 Å². The Labute approximate surface area is 177 Å². The number of carbonyl (C=O) groups is 4. The van der Waals surface area contributed by atoms with E-state index in [0.717, 1.165) is 12.5 Å². The molecule has 6 N–H and O–H groups in total. The van der Waals surface area contributed by atoms with Gasteiger partial charge in [-0.2, -0.15) is 0 Å². The molecule has 2 amide bonds. The lowest BCUT2D eigenvalue weighted by Gasteiger charge is -2.11. The normalized spacial score (nSPS) is 8.83. The highest BCUT2D eigenvalue weighted by atomic mass is 16.6. The monoisotopic (exact) mass is 427 g/mol. The molecule has 0 heterocycles. The van der Waals surface area contributed by atoms with Gasteiger partial charge in [0.05, 0.1) is 0 Å². The first-order chi connectivity index (χ1) is 13.9. The summed E-state index contributed by atoms with van der Waals surface area (Å²) in [6.45, 7) is 16.9. The number of amides is 2. The highest BCUT2D eigenvalue weighted by Gasteiger charge is 2.12. The van der Waals surface area contributed by atoms with Gasteiger partial charge in [0, 0.05) is 17.7 Å². The zero-order chi connectivity index (χ0) is 24.1. The third-order valence-electron chi connectivity index (χ3n) is 2.58. The van der Waals surface area contributed by atoms with E-state index in [0.29, 0.717) is 13.1 Å². The number of aliphatic hydroxyl groups excluding tert-OH is 1. The van der Waals surface area contributed by atoms with Gasteiger partial charge < -0.3 is 31.4 Å². The lowest BCUT2D eigenvalue weighted by Crippen LogP contribution is -2.25. The van der Waals surface area contributed by atoms with Crippen molar-refractivity contribution in [2.24, 2.45) is 11.5 Å². The van der Waals surface area contributed by atoms with Crippen LogP contribution in [0.5, 0.6) is 0 Å². The molecule has 0 saturated heterocycles. The minimum absolute atomic E-state index is 0.136. The number of rotatable bonds is 11. The van der Waals surface area contributed by atoms with Gasteiger partial charge in [0.2, 0.25) is 11.8 Å². The van der Waals surface area contributed by atoms with Crippen molar-refractivity contribution >= 4 is 23.8 Å². The Morgan fingerprint density at radius 2 is 1.40 bits per heavy atom. The van der Waals surface area contributed by atoms with E-state index in [1.165, 1.54) is 19.9 Å². The second-order valence-electron chi connectivity index (χ2n) is 5.66. The molecule has 0 radical (unpaired) electrons. The Bertz CT molecular complexity index is 586. The van der Waals surface area contributed by atoms with Crippen molar-refractivity contribution in [1.29, 1.82) is 0 Å². The second-order valence-corrected chi connectivity index (χ2v) is 5.66. The zero-order valence-corrected chi connectivity index (χ0v) is 17.6. The summed E-state index contributed by atoms with van der Waals surface area (Å²) in [7, 11) is 0. The minimum Gasteiger partial charge on any atom is -0.459 e. The predicted molar refractivity (Wildman–Crippen MR) is 114 cm³/mol. The van der Waals surface area contributed by atoms with E-state index in [9.17, 15) is 24.3 Å². The van der Waals surface area contributed by atoms with Gasteiger partial charge in [0.15, 0.2) is 0 Å². The molecule has 0 atom stereocenters. The highest BCUT2D eigenvalue weighted by Crippen LogP contribution is 1.97. The lowest BCUT2D eigenvalue weighted by atomic mass is 10.3. The Morgan fingerprint density at radius 1 is 1.00 bits per heavy atom. The van der Waals surface area contributed by atoms with Crippen LogP contribution in [0.25, 0.3) is 0 Å². The van der Waals surface area contributed by atoms with Crippen molar-refractivity contribution in [2.75, 3.05) is 26.3 Å². The zero-order valence-electron chi connectivity index (χ0n) is 17.6. The maximum Gasteiger partial charge on any atom is 0.333 e. The van der Waals surface area contributed by atoms with Crippen molar-refractivity contribution in [3.63, 3.8) is 0 Å². The third-order valence-corrected chi connectivity index (χ3v) is 2.58. The standard InChI is InChI=1S/C11H16O5.C6H12N2O.C3H5NO/c1-7(2)10(13)15-5-9(12)6-16-11(14)8(3)4;1-2-6(9)8-5-3-4-7;1-2-3(4)5/h9,12H,1,3,5-6H2,2,4H3;2H,1,3-5,7H2,(H,8,9);2H,1H2,(H2,4,5). The SMILES string of the molecule is C=C(C)C(=O)OCC(O)COC(=O)C(=C)C.C=CC(=O)NCCCN.C=CC(N)=O. The van der Waals surface area contributed by atoms with Gasteiger partial charge in [-0.15, -0.1) is 0 Å². The fourth-order valence-electron chi connectivity index (χ4n) is 1.02. The molecule has 0 rings (SSSR count). The molecule has 0 aromatic rings. The summed E-state index contributed by atoms with van der Waals surface area (Å²) in [5.41, 5.74) is 10.2. The topological polar surface area (TPSA) is 171 Å². The van der Waals surface area contributed by atoms with Crippen LogP contribution >= 0.6 is 0 Å². The quantitative estimate of drug-likeness (QED) is 0.201. The van der Waals surface area contributed by atoms with Crippen LogP contribution in [0.4, 0.5) is 0 Å². The molecule has 0 unspecified atom stereocenters. The summed E-state index contributed by atoms with van der Waals surface area (Å²) in [6.07, 6.45) is 2.07. The first-order valence-corrected chi connectivity index (χ1v) is 8.78. The average Bonchev–Trinajstić information content (AvgIpc) is 2.70. The van der Waals surface area contributed by atoms with Gasteiger partial charge in [-0.1, -0.05) is 26.3 Å². The Hall–Kier alpha value is -3.24. The summed E-state index contributed by atoms with van der Waals surface area (Å²) in [5.74, 6) is -1.80. The lowest BCUT2D eigenvalue weighted by molar-refractivity contribution is -0.147. The molecule has 0 saturated carbocycles. The van der Waals surface area contributed by atoms with E-state index in [2.05, 4.69) is 46.8 Å². The number of carbonyl (C=O) groups excluding carboxylic acids is 4. The van der Waals surface area contributed by atoms with Gasteiger partial charge in [-0.05, 0) is 39.0 Å². The van der Waals surface area contributed by atoms with Crippen LogP contribution in [0.2, 0.25) is 0 Å². The third kappa shape index (κ3) is 24.8. The molecule has 0 aliphatic rings. The molecule has 10 nitrogen and oxygen atoms in total. The molecule has 0 aromatic heterocycles. The van der Waals surface area contributed by atoms with E-state index in [-0.39, 0.29) is 30.3 Å². The first kappa shape index (κ1) is 31.5. The maximum atomic E-state index is 10.9. The van der Waals surface area contributed by atoms with Gasteiger partial charge in [0.25, 0.3) is 0 Å². The molecule has 30 heavy (non-hydrogen) atoms. The molecule has 10 heteroatoms. The van der Waals surface area contributed by atoms with Crippen LogP contribution in [0.3, 0.4) is 0 Å². The van der Waals surface area contributed by atoms with Crippen molar-refractivity contribution in [2.45, 2.75) is 26.4 Å². The summed E-state index contributed by atoms with van der Waals surface area (Å²) < 4.78 is 9.31. The van der Waals surface area contributed by atoms with E-state index in [1.54, 1.807) is 0 Å². The molecule has 0 aliphatic carbocycles. The summed E-state index contributed by atoms with van der Waals surface area (Å²) >= 11 is 0. The van der Waals surface area contributed by atoms with Crippen molar-refractivity contribution in [1.82, 2.24) is 5.32 Å². The Balaban J connectivity index is -0.000000435. The molecular formula is C20H33N3O7. The first-order valence-electron chi connectivity index (χ1n) is 8.78. The number of nitrogens with two attached hydrogens (primary N) is 2. The summed E-state index contributed by atoms with van der Waals surface area (Å²) in [4.78, 5) is 41.8. The molecular weight excluding hydrogens is 394 g/mol. The van der Waals surface area contributed by atoms with Crippen LogP contribution in [0.15, 0.2) is 49.6 Å². The minimum atomic E-state index is -1.05. The summed E-state index contributed by atoms with van der Waals surface area (Å²) in [6, 6.07) is 0. The molecule has 0 bridgehead atoms. The molecule has 0 aromatic carbocycles. The van der Waals surface area contributed by atoms with Gasteiger partial charge in [-0.25, -0.2) is 9.59 Å². The van der Waals surface area contributed by atoms with Gasteiger partial charge >= 0.3 is 11.9 Å². The maximum absolute atomic E-state index is 10.9. The fourth-order valence-corrected chi connectivity index (χ4v) is 1.02. The number of ether oxygens (including phenoxy) is 2. The van der Waals surface area contributed by atoms with Crippen LogP contribution in [0, 0.1) is 0 Å². The Morgan fingerprint density at radius 3 is 1.67 bits per heavy atom. The molecule has 170 valence electrons. The number of esters is 2. The number of aliphatic hydroxyl groups is 1. The van der Waals surface area contributed by atoms with Gasteiger partial charge in [-0.3, -0.25) is 9.59 Å². The van der Waals surface area contributed by atoms with Crippen molar-refractivity contribution in [3.8, 4) is 0 Å². The number of primary amides is 1. The largest absolute Gasteiger partial charge is 0.459 e. The Kier molecular flexibility index (Phi) is 21.5. The fraction of sp³-hybridized carbons (Fsp3) is 0.400. The van der Waals surface area contributed by atoms with Crippen LogP contribution in [-0.4, -0.2) is 61.3 Å². The second kappa shape index (κ2) is 20.5. The van der Waals surface area contributed by atoms with Crippen molar-refractivity contribution < 1.29 is 33.8 Å². The average molecular weight is 427 g/mol. The molecule has 0 aliphatic heterocycles. The number of hydrogen-bond acceptors (Lipinski definition) is 8. The predicted octanol–water partition coefficient (Wildman–Crippen LogP) is -0.119. The van der Waals surface area contributed by atoms with E-state index >= 15 is 0 Å². The molecule has 0 fully saturated rings. The van der Waals surface area contributed by atoms with Crippen LogP contribution in [-0.2, 0) is 28.7 Å². The summed E-state index contributed by atoms with van der Waals surface area (Å²) in [5, 5.41) is 11.9. The van der Waals surface area contributed by atoms with E-state index in [4.69, 9.17) is 5.73 Å². The smallest absolute Gasteiger partial charge is 0.333 e. The van der Waals surface area contributed by atoms with Crippen LogP contribution in [0.1, 0.15) is 20.3 Å². The van der Waals surface area contributed by atoms with E-state index in [1.807, 2.05) is 0 Å².